The Morgan fingerprint density at radius 1 is 1.39 bits per heavy atom. The molecule has 0 radical (unpaired) electrons. The normalized spacial score (nSPS) is 16.1. The number of benzene rings is 1. The van der Waals surface area contributed by atoms with Gasteiger partial charge >= 0.3 is 5.97 Å². The maximum Gasteiger partial charge on any atom is 0.326 e. The van der Waals surface area contributed by atoms with Crippen LogP contribution in [0.25, 0.3) is 0 Å². The third-order valence-electron chi connectivity index (χ3n) is 3.05. The zero-order valence-electron chi connectivity index (χ0n) is 9.97. The van der Waals surface area contributed by atoms with Gasteiger partial charge in [0.2, 0.25) is 0 Å². The summed E-state index contributed by atoms with van der Waals surface area (Å²) in [7, 11) is 0. The topological polar surface area (TPSA) is 57.6 Å². The van der Waals surface area contributed by atoms with Gasteiger partial charge in [-0.1, -0.05) is 23.7 Å². The van der Waals surface area contributed by atoms with Gasteiger partial charge in [-0.3, -0.25) is 4.79 Å². The first-order valence-corrected chi connectivity index (χ1v) is 6.20. The van der Waals surface area contributed by atoms with Crippen LogP contribution in [0.15, 0.2) is 24.3 Å². The molecule has 1 unspecified atom stereocenters. The molecule has 0 aliphatic heterocycles. The van der Waals surface area contributed by atoms with Crippen LogP contribution in [-0.4, -0.2) is 34.0 Å². The van der Waals surface area contributed by atoms with E-state index in [0.29, 0.717) is 10.6 Å². The Bertz CT molecular complexity index is 485. The highest BCUT2D eigenvalue weighted by Crippen LogP contribution is 2.31. The molecular formula is C13H14ClNO3. The van der Waals surface area contributed by atoms with Crippen LogP contribution in [0.1, 0.15) is 30.1 Å². The molecule has 96 valence electrons. The summed E-state index contributed by atoms with van der Waals surface area (Å²) in [5.41, 5.74) is 0.360. The van der Waals surface area contributed by atoms with E-state index in [4.69, 9.17) is 16.7 Å². The van der Waals surface area contributed by atoms with Crippen molar-refractivity contribution in [1.29, 1.82) is 0 Å². The lowest BCUT2D eigenvalue weighted by atomic mass is 10.1. The minimum Gasteiger partial charge on any atom is -0.480 e. The largest absolute Gasteiger partial charge is 0.480 e. The fourth-order valence-electron chi connectivity index (χ4n) is 1.90. The third kappa shape index (κ3) is 2.48. The lowest BCUT2D eigenvalue weighted by Crippen LogP contribution is -2.44. The van der Waals surface area contributed by atoms with Crippen LogP contribution in [0.5, 0.6) is 0 Å². The van der Waals surface area contributed by atoms with Gasteiger partial charge < -0.3 is 10.0 Å². The number of carboxylic acid groups (broad SMARTS) is 1. The minimum absolute atomic E-state index is 0.0277. The second-order valence-corrected chi connectivity index (χ2v) is 4.84. The molecule has 1 N–H and O–H groups in total. The van der Waals surface area contributed by atoms with Gasteiger partial charge in [0.1, 0.15) is 6.04 Å². The smallest absolute Gasteiger partial charge is 0.326 e. The summed E-state index contributed by atoms with van der Waals surface area (Å²) < 4.78 is 0. The van der Waals surface area contributed by atoms with E-state index in [2.05, 4.69) is 0 Å². The van der Waals surface area contributed by atoms with Crippen LogP contribution in [-0.2, 0) is 4.79 Å². The highest BCUT2D eigenvalue weighted by Gasteiger charge is 2.39. The fraction of sp³-hybridized carbons (Fsp3) is 0.385. The number of carbonyl (C=O) groups excluding carboxylic acids is 1. The van der Waals surface area contributed by atoms with Crippen LogP contribution in [0.4, 0.5) is 0 Å². The van der Waals surface area contributed by atoms with Crippen LogP contribution < -0.4 is 0 Å². The molecule has 1 aliphatic carbocycles. The van der Waals surface area contributed by atoms with Crippen molar-refractivity contribution in [3.05, 3.63) is 34.9 Å². The third-order valence-corrected chi connectivity index (χ3v) is 3.38. The standard InChI is InChI=1S/C13H14ClNO3/c1-8(13(17)18)15(9-6-7-9)12(16)10-4-2-3-5-11(10)14/h2-5,8-9H,6-7H2,1H3,(H,17,18). The molecule has 1 aliphatic rings. The summed E-state index contributed by atoms with van der Waals surface area (Å²) in [5.74, 6) is -1.31. The van der Waals surface area contributed by atoms with Crippen molar-refractivity contribution in [3.63, 3.8) is 0 Å². The highest BCUT2D eigenvalue weighted by molar-refractivity contribution is 6.33. The van der Waals surface area contributed by atoms with Crippen molar-refractivity contribution >= 4 is 23.5 Å². The van der Waals surface area contributed by atoms with Gasteiger partial charge in [0, 0.05) is 6.04 Å². The van der Waals surface area contributed by atoms with Crippen molar-refractivity contribution in [2.24, 2.45) is 0 Å². The van der Waals surface area contributed by atoms with E-state index in [9.17, 15) is 9.59 Å². The van der Waals surface area contributed by atoms with Gasteiger partial charge in [0.05, 0.1) is 10.6 Å². The Labute approximate surface area is 110 Å². The fourth-order valence-corrected chi connectivity index (χ4v) is 2.12. The molecule has 5 heteroatoms. The predicted octanol–water partition coefficient (Wildman–Crippen LogP) is 2.42. The van der Waals surface area contributed by atoms with Gasteiger partial charge in [-0.05, 0) is 31.9 Å². The van der Waals surface area contributed by atoms with Crippen LogP contribution >= 0.6 is 11.6 Å². The Morgan fingerprint density at radius 3 is 2.50 bits per heavy atom. The zero-order chi connectivity index (χ0) is 13.3. The zero-order valence-corrected chi connectivity index (χ0v) is 10.7. The van der Waals surface area contributed by atoms with Crippen molar-refractivity contribution in [2.75, 3.05) is 0 Å². The van der Waals surface area contributed by atoms with Crippen LogP contribution in [0.3, 0.4) is 0 Å². The monoisotopic (exact) mass is 267 g/mol. The Morgan fingerprint density at radius 2 is 2.00 bits per heavy atom. The molecule has 0 aromatic heterocycles. The number of halogens is 1. The molecule has 1 fully saturated rings. The van der Waals surface area contributed by atoms with E-state index >= 15 is 0 Å². The van der Waals surface area contributed by atoms with Crippen molar-refractivity contribution in [3.8, 4) is 0 Å². The molecule has 0 heterocycles. The lowest BCUT2D eigenvalue weighted by molar-refractivity contribution is -0.141. The summed E-state index contributed by atoms with van der Waals surface area (Å²) in [6.07, 6.45) is 1.71. The molecule has 1 amide bonds. The molecule has 0 saturated heterocycles. The molecule has 1 atom stereocenters. The number of nitrogens with zero attached hydrogens (tertiary/aromatic N) is 1. The Hall–Kier alpha value is -1.55. The molecule has 1 aromatic carbocycles. The maximum atomic E-state index is 12.4. The number of amides is 1. The molecule has 1 saturated carbocycles. The van der Waals surface area contributed by atoms with E-state index in [1.165, 1.54) is 11.8 Å². The van der Waals surface area contributed by atoms with E-state index < -0.39 is 12.0 Å². The van der Waals surface area contributed by atoms with E-state index in [-0.39, 0.29) is 11.9 Å². The second kappa shape index (κ2) is 4.98. The SMILES string of the molecule is CC(C(=O)O)N(C(=O)c1ccccc1Cl)C1CC1. The first-order valence-electron chi connectivity index (χ1n) is 5.82. The number of hydrogen-bond acceptors (Lipinski definition) is 2. The molecule has 0 bridgehead atoms. The molecule has 2 rings (SSSR count). The van der Waals surface area contributed by atoms with Crippen LogP contribution in [0, 0.1) is 0 Å². The summed E-state index contributed by atoms with van der Waals surface area (Å²) in [6.45, 7) is 1.52. The maximum absolute atomic E-state index is 12.4. The van der Waals surface area contributed by atoms with Gasteiger partial charge in [-0.25, -0.2) is 4.79 Å². The predicted molar refractivity (Wildman–Crippen MR) is 67.7 cm³/mol. The number of carboxylic acids is 1. The summed E-state index contributed by atoms with van der Waals surface area (Å²) in [6, 6.07) is 5.90. The molecule has 18 heavy (non-hydrogen) atoms. The summed E-state index contributed by atoms with van der Waals surface area (Å²) in [4.78, 5) is 24.9. The van der Waals surface area contributed by atoms with Crippen molar-refractivity contribution in [1.82, 2.24) is 4.90 Å². The Balaban J connectivity index is 2.29. The number of rotatable bonds is 4. The van der Waals surface area contributed by atoms with Gasteiger partial charge in [-0.15, -0.1) is 0 Å². The number of carbonyl (C=O) groups is 2. The first kappa shape index (κ1) is 12.9. The average Bonchev–Trinajstić information content (AvgIpc) is 3.14. The number of aliphatic carboxylic acids is 1. The molecule has 1 aromatic rings. The Kier molecular flexibility index (Phi) is 3.57. The highest BCUT2D eigenvalue weighted by atomic mass is 35.5. The van der Waals surface area contributed by atoms with Crippen LogP contribution in [0.2, 0.25) is 5.02 Å². The van der Waals surface area contributed by atoms with E-state index in [1.807, 2.05) is 0 Å². The minimum atomic E-state index is -0.998. The first-order chi connectivity index (χ1) is 8.52. The van der Waals surface area contributed by atoms with Crippen molar-refractivity contribution in [2.45, 2.75) is 31.8 Å². The van der Waals surface area contributed by atoms with E-state index in [0.717, 1.165) is 12.8 Å². The molecular weight excluding hydrogens is 254 g/mol. The van der Waals surface area contributed by atoms with Crippen molar-refractivity contribution < 1.29 is 14.7 Å². The van der Waals surface area contributed by atoms with Gasteiger partial charge in [0.15, 0.2) is 0 Å². The quantitative estimate of drug-likeness (QED) is 0.911. The summed E-state index contributed by atoms with van der Waals surface area (Å²) in [5, 5.41) is 9.42. The summed E-state index contributed by atoms with van der Waals surface area (Å²) >= 11 is 5.98. The number of hydrogen-bond donors (Lipinski definition) is 1. The molecule has 4 nitrogen and oxygen atoms in total. The average molecular weight is 268 g/mol. The van der Waals surface area contributed by atoms with Gasteiger partial charge in [0.25, 0.3) is 5.91 Å². The van der Waals surface area contributed by atoms with Gasteiger partial charge in [-0.2, -0.15) is 0 Å². The molecule has 0 spiro atoms. The second-order valence-electron chi connectivity index (χ2n) is 4.44. The van der Waals surface area contributed by atoms with E-state index in [1.54, 1.807) is 24.3 Å². The lowest BCUT2D eigenvalue weighted by Gasteiger charge is -2.26.